The normalized spacial score (nSPS) is 11.3. The van der Waals surface area contributed by atoms with E-state index in [1.165, 1.54) is 22.8 Å². The second-order valence-electron chi connectivity index (χ2n) is 7.01. The maximum atomic E-state index is 13.4. The predicted molar refractivity (Wildman–Crippen MR) is 118 cm³/mol. The molecule has 1 amide bonds. The lowest BCUT2D eigenvalue weighted by Crippen LogP contribution is -2.32. The average Bonchev–Trinajstić information content (AvgIpc) is 2.73. The molecule has 0 spiro atoms. The van der Waals surface area contributed by atoms with Crippen LogP contribution in [0.15, 0.2) is 78.0 Å². The van der Waals surface area contributed by atoms with Gasteiger partial charge in [0.15, 0.2) is 0 Å². The Morgan fingerprint density at radius 2 is 1.83 bits per heavy atom. The predicted octanol–water partition coefficient (Wildman–Crippen LogP) is 4.27. The first-order chi connectivity index (χ1) is 14.3. The Balaban J connectivity index is 2.05. The summed E-state index contributed by atoms with van der Waals surface area (Å²) in [4.78, 5) is 16.4. The minimum Gasteiger partial charge on any atom is -0.350 e. The van der Waals surface area contributed by atoms with Crippen molar-refractivity contribution in [2.24, 2.45) is 0 Å². The average molecular weight is 444 g/mol. The number of aromatic nitrogens is 1. The fourth-order valence-corrected chi connectivity index (χ4v) is 4.38. The Kier molecular flexibility index (Phi) is 6.74. The lowest BCUT2D eigenvalue weighted by atomic mass is 10.1. The molecular formula is C22H22ClN3O3S. The van der Waals surface area contributed by atoms with Gasteiger partial charge in [-0.15, -0.1) is 0 Å². The van der Waals surface area contributed by atoms with Crippen molar-refractivity contribution in [2.45, 2.75) is 31.3 Å². The first-order valence-corrected chi connectivity index (χ1v) is 11.2. The largest absolute Gasteiger partial charge is 0.350 e. The second kappa shape index (κ2) is 9.28. The van der Waals surface area contributed by atoms with Crippen LogP contribution < -0.4 is 9.62 Å². The summed E-state index contributed by atoms with van der Waals surface area (Å²) < 4.78 is 28.1. The standard InChI is InChI=1S/C22H22ClN3O3S/c1-16(2)25-22(27)18-5-3-6-20(13-18)26(15-17-8-10-19(23)11-9-17)30(28,29)21-7-4-12-24-14-21/h3-14,16H,15H2,1-2H3,(H,25,27). The van der Waals surface area contributed by atoms with Crippen molar-refractivity contribution >= 4 is 33.2 Å². The molecule has 1 aromatic heterocycles. The van der Waals surface area contributed by atoms with E-state index in [1.807, 2.05) is 13.8 Å². The van der Waals surface area contributed by atoms with Crippen molar-refractivity contribution in [2.75, 3.05) is 4.31 Å². The third-order valence-corrected chi connectivity index (χ3v) is 6.29. The van der Waals surface area contributed by atoms with Crippen LogP contribution >= 0.6 is 11.6 Å². The Labute approximate surface area is 181 Å². The van der Waals surface area contributed by atoms with Crippen molar-refractivity contribution in [3.8, 4) is 0 Å². The van der Waals surface area contributed by atoms with Crippen molar-refractivity contribution in [3.05, 3.63) is 89.2 Å². The van der Waals surface area contributed by atoms with Crippen LogP contribution in [0.3, 0.4) is 0 Å². The molecule has 0 aliphatic carbocycles. The summed E-state index contributed by atoms with van der Waals surface area (Å²) in [6.45, 7) is 3.80. The molecule has 6 nitrogen and oxygen atoms in total. The van der Waals surface area contributed by atoms with Crippen LogP contribution in [0.2, 0.25) is 5.02 Å². The summed E-state index contributed by atoms with van der Waals surface area (Å²) in [6, 6.07) is 16.5. The molecule has 3 aromatic rings. The summed E-state index contributed by atoms with van der Waals surface area (Å²) in [7, 11) is -3.92. The molecule has 1 N–H and O–H groups in total. The van der Waals surface area contributed by atoms with Gasteiger partial charge >= 0.3 is 0 Å². The van der Waals surface area contributed by atoms with Gasteiger partial charge in [0.1, 0.15) is 4.90 Å². The molecule has 30 heavy (non-hydrogen) atoms. The quantitative estimate of drug-likeness (QED) is 0.591. The molecule has 156 valence electrons. The van der Waals surface area contributed by atoms with Crippen LogP contribution in [0.1, 0.15) is 29.8 Å². The molecule has 8 heteroatoms. The molecule has 0 aliphatic rings. The lowest BCUT2D eigenvalue weighted by molar-refractivity contribution is 0.0943. The van der Waals surface area contributed by atoms with E-state index in [1.54, 1.807) is 54.6 Å². The number of hydrogen-bond acceptors (Lipinski definition) is 4. The maximum Gasteiger partial charge on any atom is 0.266 e. The van der Waals surface area contributed by atoms with Gasteiger partial charge in [-0.05, 0) is 61.9 Å². The molecule has 0 fully saturated rings. The summed E-state index contributed by atoms with van der Waals surface area (Å²) >= 11 is 5.96. The van der Waals surface area contributed by atoms with E-state index in [9.17, 15) is 13.2 Å². The molecule has 0 saturated carbocycles. The minimum atomic E-state index is -3.92. The smallest absolute Gasteiger partial charge is 0.266 e. The van der Waals surface area contributed by atoms with Crippen molar-refractivity contribution in [3.63, 3.8) is 0 Å². The fourth-order valence-electron chi connectivity index (χ4n) is 2.85. The van der Waals surface area contributed by atoms with Crippen LogP contribution in [-0.4, -0.2) is 25.4 Å². The summed E-state index contributed by atoms with van der Waals surface area (Å²) in [5.41, 5.74) is 1.51. The minimum absolute atomic E-state index is 0.0366. The second-order valence-corrected chi connectivity index (χ2v) is 9.30. The van der Waals surface area contributed by atoms with Crippen molar-refractivity contribution in [1.82, 2.24) is 10.3 Å². The molecular weight excluding hydrogens is 422 g/mol. The van der Waals surface area contributed by atoms with Crippen LogP contribution in [-0.2, 0) is 16.6 Å². The number of benzene rings is 2. The lowest BCUT2D eigenvalue weighted by Gasteiger charge is -2.25. The number of nitrogens with one attached hydrogen (secondary N) is 1. The molecule has 2 aromatic carbocycles. The van der Waals surface area contributed by atoms with E-state index in [4.69, 9.17) is 11.6 Å². The zero-order valence-electron chi connectivity index (χ0n) is 16.6. The Morgan fingerprint density at radius 1 is 1.10 bits per heavy atom. The monoisotopic (exact) mass is 443 g/mol. The van der Waals surface area contributed by atoms with E-state index >= 15 is 0 Å². The number of nitrogens with zero attached hydrogens (tertiary/aromatic N) is 2. The number of hydrogen-bond donors (Lipinski definition) is 1. The van der Waals surface area contributed by atoms with Gasteiger partial charge in [-0.3, -0.25) is 14.1 Å². The third-order valence-electron chi connectivity index (χ3n) is 4.28. The highest BCUT2D eigenvalue weighted by Crippen LogP contribution is 2.27. The van der Waals surface area contributed by atoms with Gasteiger partial charge in [0.2, 0.25) is 0 Å². The maximum absolute atomic E-state index is 13.4. The molecule has 0 aliphatic heterocycles. The molecule has 0 atom stereocenters. The summed E-state index contributed by atoms with van der Waals surface area (Å²) in [6.07, 6.45) is 2.82. The SMILES string of the molecule is CC(C)NC(=O)c1cccc(N(Cc2ccc(Cl)cc2)S(=O)(=O)c2cccnc2)c1. The van der Waals surface area contributed by atoms with Gasteiger partial charge in [0.25, 0.3) is 15.9 Å². The van der Waals surface area contributed by atoms with Gasteiger partial charge in [-0.2, -0.15) is 0 Å². The van der Waals surface area contributed by atoms with E-state index < -0.39 is 10.0 Å². The molecule has 1 heterocycles. The summed E-state index contributed by atoms with van der Waals surface area (Å²) in [5.74, 6) is -0.267. The number of sulfonamides is 1. The highest BCUT2D eigenvalue weighted by molar-refractivity contribution is 7.92. The van der Waals surface area contributed by atoms with Crippen LogP contribution in [0.4, 0.5) is 5.69 Å². The fraction of sp³-hybridized carbons (Fsp3) is 0.182. The van der Waals surface area contributed by atoms with E-state index in [0.717, 1.165) is 5.56 Å². The van der Waals surface area contributed by atoms with Crippen molar-refractivity contribution in [1.29, 1.82) is 0 Å². The number of rotatable bonds is 7. The number of amides is 1. The molecule has 3 rings (SSSR count). The van der Waals surface area contributed by atoms with Gasteiger partial charge in [-0.25, -0.2) is 8.42 Å². The Hall–Kier alpha value is -2.90. The Morgan fingerprint density at radius 3 is 2.47 bits per heavy atom. The van der Waals surface area contributed by atoms with E-state index in [2.05, 4.69) is 10.3 Å². The zero-order valence-corrected chi connectivity index (χ0v) is 18.2. The van der Waals surface area contributed by atoms with Crippen LogP contribution in [0.5, 0.6) is 0 Å². The van der Waals surface area contributed by atoms with Gasteiger partial charge < -0.3 is 5.32 Å². The van der Waals surface area contributed by atoms with Crippen molar-refractivity contribution < 1.29 is 13.2 Å². The number of halogens is 1. The highest BCUT2D eigenvalue weighted by atomic mass is 35.5. The number of carbonyl (C=O) groups is 1. The first kappa shape index (κ1) is 21.8. The van der Waals surface area contributed by atoms with Crippen LogP contribution in [0.25, 0.3) is 0 Å². The van der Waals surface area contributed by atoms with Gasteiger partial charge in [0, 0.05) is 29.0 Å². The van der Waals surface area contributed by atoms with E-state index in [-0.39, 0.29) is 23.4 Å². The van der Waals surface area contributed by atoms with Crippen LogP contribution in [0, 0.1) is 0 Å². The Bertz CT molecular complexity index is 1120. The van der Waals surface area contributed by atoms with Gasteiger partial charge in [0.05, 0.1) is 12.2 Å². The molecule has 0 bridgehead atoms. The summed E-state index contributed by atoms with van der Waals surface area (Å²) in [5, 5.41) is 3.38. The number of anilines is 1. The first-order valence-electron chi connectivity index (χ1n) is 9.35. The zero-order chi connectivity index (χ0) is 21.7. The topological polar surface area (TPSA) is 79.4 Å². The van der Waals surface area contributed by atoms with Gasteiger partial charge in [-0.1, -0.05) is 29.8 Å². The highest BCUT2D eigenvalue weighted by Gasteiger charge is 2.26. The number of pyridine rings is 1. The molecule has 0 saturated heterocycles. The third kappa shape index (κ3) is 5.17. The molecule has 0 unspecified atom stereocenters. The number of carbonyl (C=O) groups excluding carboxylic acids is 1. The molecule has 0 radical (unpaired) electrons. The van der Waals surface area contributed by atoms with E-state index in [0.29, 0.717) is 16.3 Å².